The number of para-hydroxylation sites is 2. The number of carbonyl (C=O) groups excluding carboxylic acids is 1. The molecule has 0 aliphatic carbocycles. The van der Waals surface area contributed by atoms with Crippen molar-refractivity contribution in [3.63, 3.8) is 0 Å². The Morgan fingerprint density at radius 3 is 2.65 bits per heavy atom. The van der Waals surface area contributed by atoms with Gasteiger partial charge in [-0.25, -0.2) is 8.42 Å². The lowest BCUT2D eigenvalue weighted by Gasteiger charge is -2.32. The zero-order valence-corrected chi connectivity index (χ0v) is 20.4. The largest absolute Gasteiger partial charge is 0.360 e. The first-order valence-corrected chi connectivity index (χ1v) is 13.9. The zero-order chi connectivity index (χ0) is 23.7. The lowest BCUT2D eigenvalue weighted by atomic mass is 9.97. The summed E-state index contributed by atoms with van der Waals surface area (Å²) in [7, 11) is -3.09. The Balaban J connectivity index is 1.32. The van der Waals surface area contributed by atoms with E-state index in [1.807, 2.05) is 30.3 Å². The van der Waals surface area contributed by atoms with Crippen LogP contribution >= 0.6 is 0 Å². The minimum absolute atomic E-state index is 0.0372. The van der Waals surface area contributed by atoms with E-state index in [0.717, 1.165) is 25.1 Å². The van der Waals surface area contributed by atoms with Crippen molar-refractivity contribution in [2.45, 2.75) is 32.2 Å². The van der Waals surface area contributed by atoms with Crippen LogP contribution in [0, 0.1) is 0 Å². The van der Waals surface area contributed by atoms with Gasteiger partial charge in [-0.05, 0) is 42.5 Å². The number of fused-ring (bicyclic) bond motifs is 1. The van der Waals surface area contributed by atoms with Gasteiger partial charge in [0.25, 0.3) is 0 Å². The molecule has 1 N–H and O–H groups in total. The monoisotopic (exact) mass is 477 g/mol. The van der Waals surface area contributed by atoms with Crippen LogP contribution in [0.4, 0.5) is 5.69 Å². The van der Waals surface area contributed by atoms with E-state index in [4.69, 9.17) is 0 Å². The summed E-state index contributed by atoms with van der Waals surface area (Å²) in [6.45, 7) is 3.95. The van der Waals surface area contributed by atoms with Crippen LogP contribution in [0.2, 0.25) is 0 Å². The summed E-state index contributed by atoms with van der Waals surface area (Å²) in [4.78, 5) is 20.8. The molecule has 3 heterocycles. The Labute approximate surface area is 201 Å². The number of aromatic nitrogens is 1. The topological polar surface area (TPSA) is 73.5 Å². The summed E-state index contributed by atoms with van der Waals surface area (Å²) in [5.74, 6) is 0.150. The molecular formula is C27H31N3O3S. The first-order valence-electron chi connectivity index (χ1n) is 12.0. The Kier molecular flexibility index (Phi) is 6.32. The van der Waals surface area contributed by atoms with Gasteiger partial charge < -0.3 is 9.88 Å². The summed E-state index contributed by atoms with van der Waals surface area (Å²) in [5.41, 5.74) is 5.86. The molecule has 1 amide bonds. The average molecular weight is 478 g/mol. The van der Waals surface area contributed by atoms with Crippen LogP contribution in [0.15, 0.2) is 60.8 Å². The van der Waals surface area contributed by atoms with E-state index >= 15 is 0 Å². The molecule has 1 fully saturated rings. The maximum Gasteiger partial charge on any atom is 0.241 e. The van der Waals surface area contributed by atoms with Gasteiger partial charge in [-0.2, -0.15) is 0 Å². The number of rotatable bonds is 6. The van der Waals surface area contributed by atoms with E-state index in [0.29, 0.717) is 13.0 Å². The smallest absolute Gasteiger partial charge is 0.241 e. The number of aromatic amines is 1. The van der Waals surface area contributed by atoms with Crippen molar-refractivity contribution < 1.29 is 13.2 Å². The van der Waals surface area contributed by atoms with Gasteiger partial charge in [0.1, 0.15) is 0 Å². The minimum Gasteiger partial charge on any atom is -0.360 e. The molecule has 5 rings (SSSR count). The molecule has 1 aromatic heterocycles. The van der Waals surface area contributed by atoms with Crippen LogP contribution in [-0.4, -0.2) is 61.4 Å². The maximum absolute atomic E-state index is 13.4. The number of aryl methyl sites for hydroxylation is 1. The highest BCUT2D eigenvalue weighted by Crippen LogP contribution is 2.31. The second-order valence-electron chi connectivity index (χ2n) is 9.27. The number of benzene rings is 2. The molecule has 0 radical (unpaired) electrons. The Bertz CT molecular complexity index is 1330. The third-order valence-electron chi connectivity index (χ3n) is 7.06. The number of hydrogen-bond acceptors (Lipinski definition) is 4. The molecular weight excluding hydrogens is 446 g/mol. The summed E-state index contributed by atoms with van der Waals surface area (Å²) in [6, 6.07) is 15.6. The van der Waals surface area contributed by atoms with Gasteiger partial charge >= 0.3 is 0 Å². The quantitative estimate of drug-likeness (QED) is 0.582. The second kappa shape index (κ2) is 9.39. The third kappa shape index (κ3) is 4.55. The molecule has 0 spiro atoms. The number of nitrogens with zero attached hydrogens (tertiary/aromatic N) is 2. The minimum atomic E-state index is -3.09. The lowest BCUT2D eigenvalue weighted by molar-refractivity contribution is -0.120. The molecule has 1 saturated heterocycles. The van der Waals surface area contributed by atoms with Crippen LogP contribution in [0.5, 0.6) is 0 Å². The molecule has 2 aliphatic rings. The molecule has 1 atom stereocenters. The van der Waals surface area contributed by atoms with Crippen molar-refractivity contribution in [1.82, 2.24) is 9.88 Å². The van der Waals surface area contributed by atoms with E-state index < -0.39 is 9.84 Å². The SMILES string of the molecule is CCc1cccc2c(C3=CCN(CC(=O)N(c4ccccc4)[C@@H]4CCS(=O)(=O)C4)CC3)c[nH]c12. The highest BCUT2D eigenvalue weighted by molar-refractivity contribution is 7.91. The summed E-state index contributed by atoms with van der Waals surface area (Å²) >= 11 is 0. The normalized spacial score (nSPS) is 20.4. The van der Waals surface area contributed by atoms with Gasteiger partial charge in [-0.1, -0.05) is 49.4 Å². The first-order chi connectivity index (χ1) is 16.4. The molecule has 7 heteroatoms. The molecule has 0 unspecified atom stereocenters. The third-order valence-corrected chi connectivity index (χ3v) is 8.81. The van der Waals surface area contributed by atoms with Crippen LogP contribution in [0.25, 0.3) is 16.5 Å². The fraction of sp³-hybridized carbons (Fsp3) is 0.370. The van der Waals surface area contributed by atoms with Crippen molar-refractivity contribution in [3.8, 4) is 0 Å². The number of H-pyrrole nitrogens is 1. The Hall–Kier alpha value is -2.90. The van der Waals surface area contributed by atoms with E-state index in [9.17, 15) is 13.2 Å². The van der Waals surface area contributed by atoms with Crippen LogP contribution < -0.4 is 4.90 Å². The fourth-order valence-electron chi connectivity index (χ4n) is 5.27. The van der Waals surface area contributed by atoms with Crippen LogP contribution in [-0.2, 0) is 21.1 Å². The fourth-order valence-corrected chi connectivity index (χ4v) is 6.97. The maximum atomic E-state index is 13.4. The molecule has 0 bridgehead atoms. The highest BCUT2D eigenvalue weighted by Gasteiger charge is 2.36. The van der Waals surface area contributed by atoms with Crippen molar-refractivity contribution in [2.24, 2.45) is 0 Å². The van der Waals surface area contributed by atoms with Gasteiger partial charge in [0.2, 0.25) is 5.91 Å². The molecule has 0 saturated carbocycles. The summed E-state index contributed by atoms with van der Waals surface area (Å²) < 4.78 is 24.2. The van der Waals surface area contributed by atoms with E-state index in [2.05, 4.69) is 47.3 Å². The summed E-state index contributed by atoms with van der Waals surface area (Å²) in [6.07, 6.45) is 6.69. The number of sulfone groups is 1. The number of nitrogens with one attached hydrogen (secondary N) is 1. The van der Waals surface area contributed by atoms with Crippen molar-refractivity contribution in [2.75, 3.05) is 36.0 Å². The van der Waals surface area contributed by atoms with E-state index in [1.54, 1.807) is 4.90 Å². The van der Waals surface area contributed by atoms with Gasteiger partial charge in [-0.15, -0.1) is 0 Å². The number of hydrogen-bond donors (Lipinski definition) is 1. The second-order valence-corrected chi connectivity index (χ2v) is 11.5. The average Bonchev–Trinajstić information content (AvgIpc) is 3.43. The number of amides is 1. The van der Waals surface area contributed by atoms with Crippen molar-refractivity contribution in [3.05, 3.63) is 71.9 Å². The van der Waals surface area contributed by atoms with Crippen LogP contribution in [0.1, 0.15) is 30.9 Å². The van der Waals surface area contributed by atoms with Crippen molar-refractivity contribution >= 4 is 37.9 Å². The van der Waals surface area contributed by atoms with Gasteiger partial charge in [0.15, 0.2) is 9.84 Å². The highest BCUT2D eigenvalue weighted by atomic mass is 32.2. The first kappa shape index (κ1) is 22.9. The lowest BCUT2D eigenvalue weighted by Crippen LogP contribution is -2.47. The standard InChI is InChI=1S/C27H31N3O3S/c1-2-20-7-6-10-24-25(17-28-27(20)24)21-11-14-29(15-12-21)18-26(31)30(22-8-4-3-5-9-22)23-13-16-34(32,33)19-23/h3-11,17,23,28H,2,12-16,18-19H2,1H3/t23-/m1/s1. The molecule has 178 valence electrons. The van der Waals surface area contributed by atoms with Crippen LogP contribution in [0.3, 0.4) is 0 Å². The summed E-state index contributed by atoms with van der Waals surface area (Å²) in [5, 5.41) is 1.26. The predicted molar refractivity (Wildman–Crippen MR) is 138 cm³/mol. The molecule has 3 aromatic rings. The van der Waals surface area contributed by atoms with E-state index in [-0.39, 0.29) is 30.0 Å². The predicted octanol–water partition coefficient (Wildman–Crippen LogP) is 4.04. The Morgan fingerprint density at radius 1 is 1.15 bits per heavy atom. The van der Waals surface area contributed by atoms with Gasteiger partial charge in [-0.3, -0.25) is 9.69 Å². The van der Waals surface area contributed by atoms with Gasteiger partial charge in [0.05, 0.1) is 24.1 Å². The van der Waals surface area contributed by atoms with Gasteiger partial charge in [0, 0.05) is 41.4 Å². The zero-order valence-electron chi connectivity index (χ0n) is 19.5. The number of carbonyl (C=O) groups is 1. The van der Waals surface area contributed by atoms with E-state index in [1.165, 1.54) is 27.6 Å². The van der Waals surface area contributed by atoms with Crippen molar-refractivity contribution in [1.29, 1.82) is 0 Å². The molecule has 6 nitrogen and oxygen atoms in total. The number of anilines is 1. The molecule has 2 aromatic carbocycles. The molecule has 2 aliphatic heterocycles. The molecule has 34 heavy (non-hydrogen) atoms. The Morgan fingerprint density at radius 2 is 1.97 bits per heavy atom.